The highest BCUT2D eigenvalue weighted by molar-refractivity contribution is 5.90. The fraction of sp³-hybridized carbons (Fsp3) is 0.100. The molecule has 0 radical (unpaired) electrons. The number of fused-ring (bicyclic) bond motifs is 6. The normalized spacial score (nSPS) is 14.1. The largest absolute Gasteiger partial charge is 0.497 e. The predicted molar refractivity (Wildman–Crippen MR) is 140 cm³/mol. The third-order valence-electron chi connectivity index (χ3n) is 6.71. The van der Waals surface area contributed by atoms with Crippen molar-refractivity contribution < 1.29 is 14.2 Å². The lowest BCUT2D eigenvalue weighted by Crippen LogP contribution is -2.15. The molecule has 7 nitrogen and oxygen atoms in total. The molecule has 4 aromatic carbocycles. The van der Waals surface area contributed by atoms with Gasteiger partial charge in [0.25, 0.3) is 0 Å². The van der Waals surface area contributed by atoms with Crippen molar-refractivity contribution >= 4 is 16.4 Å². The quantitative estimate of drug-likeness (QED) is 0.291. The zero-order chi connectivity index (χ0) is 24.8. The van der Waals surface area contributed by atoms with Crippen LogP contribution < -0.4 is 14.2 Å². The maximum absolute atomic E-state index is 6.37. The summed E-state index contributed by atoms with van der Waals surface area (Å²) >= 11 is 0. The van der Waals surface area contributed by atoms with E-state index in [1.165, 1.54) is 0 Å². The Hall–Kier alpha value is -4.91. The summed E-state index contributed by atoms with van der Waals surface area (Å²) in [6.45, 7) is 0.221. The molecule has 0 unspecified atom stereocenters. The van der Waals surface area contributed by atoms with Gasteiger partial charge in [0.05, 0.1) is 12.7 Å². The van der Waals surface area contributed by atoms with Gasteiger partial charge in [-0.1, -0.05) is 60.7 Å². The molecule has 0 saturated carbocycles. The minimum Gasteiger partial charge on any atom is -0.497 e. The summed E-state index contributed by atoms with van der Waals surface area (Å²) in [6, 6.07) is 30.3. The van der Waals surface area contributed by atoms with E-state index in [0.29, 0.717) is 23.1 Å². The molecule has 1 aliphatic rings. The number of hydrogen-bond acceptors (Lipinski definition) is 6. The molecule has 0 spiro atoms. The van der Waals surface area contributed by atoms with Gasteiger partial charge in [-0.05, 0) is 46.7 Å². The first kappa shape index (κ1) is 21.4. The third-order valence-corrected chi connectivity index (χ3v) is 6.71. The zero-order valence-corrected chi connectivity index (χ0v) is 20.0. The molecule has 180 valence electrons. The van der Waals surface area contributed by atoms with Crippen LogP contribution in [0.4, 0.5) is 0 Å². The second-order valence-corrected chi connectivity index (χ2v) is 8.87. The molecular weight excluding hydrogens is 464 g/mol. The smallest absolute Gasteiger partial charge is 0.228 e. The summed E-state index contributed by atoms with van der Waals surface area (Å²) < 4.78 is 19.2. The lowest BCUT2D eigenvalue weighted by atomic mass is 9.81. The van der Waals surface area contributed by atoms with E-state index < -0.39 is 0 Å². The summed E-state index contributed by atoms with van der Waals surface area (Å²) in [4.78, 5) is 9.52. The molecule has 0 aliphatic carbocycles. The molecule has 0 bridgehead atoms. The zero-order valence-electron chi connectivity index (χ0n) is 20.0. The second kappa shape index (κ2) is 8.64. The SMILES string of the molecule is COc1ccc(OCc2nc3c4c(ncn3n2)Oc2ccc3ccccc3c2[C@@H]4c2ccccc2)cc1. The molecule has 1 aliphatic heterocycles. The molecule has 6 aromatic rings. The summed E-state index contributed by atoms with van der Waals surface area (Å²) in [6.07, 6.45) is 1.64. The number of nitrogens with zero attached hydrogens (tertiary/aromatic N) is 4. The van der Waals surface area contributed by atoms with E-state index in [-0.39, 0.29) is 12.5 Å². The van der Waals surface area contributed by atoms with Gasteiger partial charge in [0, 0.05) is 11.5 Å². The molecular formula is C30H22N4O3. The van der Waals surface area contributed by atoms with Crippen molar-refractivity contribution in [3.05, 3.63) is 120 Å². The Morgan fingerprint density at radius 2 is 1.62 bits per heavy atom. The lowest BCUT2D eigenvalue weighted by Gasteiger charge is -2.29. The molecule has 0 saturated heterocycles. The highest BCUT2D eigenvalue weighted by atomic mass is 16.5. The van der Waals surface area contributed by atoms with Crippen LogP contribution in [0.1, 0.15) is 28.4 Å². The highest BCUT2D eigenvalue weighted by Gasteiger charge is 2.34. The van der Waals surface area contributed by atoms with E-state index in [1.54, 1.807) is 18.0 Å². The molecule has 3 heterocycles. The lowest BCUT2D eigenvalue weighted by molar-refractivity contribution is 0.295. The van der Waals surface area contributed by atoms with Crippen molar-refractivity contribution in [1.29, 1.82) is 0 Å². The average Bonchev–Trinajstić information content (AvgIpc) is 3.39. The van der Waals surface area contributed by atoms with Gasteiger partial charge in [0.15, 0.2) is 11.5 Å². The van der Waals surface area contributed by atoms with Crippen LogP contribution in [-0.4, -0.2) is 26.7 Å². The van der Waals surface area contributed by atoms with Gasteiger partial charge < -0.3 is 14.2 Å². The third kappa shape index (κ3) is 3.63. The number of aromatic nitrogens is 4. The summed E-state index contributed by atoms with van der Waals surface area (Å²) in [5, 5.41) is 6.95. The van der Waals surface area contributed by atoms with Crippen LogP contribution in [0, 0.1) is 0 Å². The van der Waals surface area contributed by atoms with Crippen molar-refractivity contribution in [3.8, 4) is 23.1 Å². The second-order valence-electron chi connectivity index (χ2n) is 8.87. The Morgan fingerprint density at radius 3 is 2.46 bits per heavy atom. The Balaban J connectivity index is 1.36. The van der Waals surface area contributed by atoms with E-state index in [1.807, 2.05) is 36.4 Å². The van der Waals surface area contributed by atoms with Crippen molar-refractivity contribution in [2.24, 2.45) is 0 Å². The van der Waals surface area contributed by atoms with Crippen molar-refractivity contribution in [3.63, 3.8) is 0 Å². The molecule has 7 rings (SSSR count). The van der Waals surface area contributed by atoms with Crippen LogP contribution >= 0.6 is 0 Å². The number of rotatable bonds is 5. The standard InChI is InChI=1S/C30H22N4O3/c1-35-21-12-14-22(15-13-21)36-17-25-32-29-28-26(20-8-3-2-4-9-20)27-23-10-6-5-7-19(23)11-16-24(27)37-30(28)31-18-34(29)33-25/h2-16,18,26H,17H2,1H3/t26-/m0/s1. The summed E-state index contributed by atoms with van der Waals surface area (Å²) in [7, 11) is 1.64. The Morgan fingerprint density at radius 1 is 0.838 bits per heavy atom. The monoisotopic (exact) mass is 486 g/mol. The molecule has 7 heteroatoms. The number of methoxy groups -OCH3 is 1. The number of hydrogen-bond donors (Lipinski definition) is 0. The van der Waals surface area contributed by atoms with Gasteiger partial charge in [0.1, 0.15) is 30.2 Å². The molecule has 0 fully saturated rings. The Bertz CT molecular complexity index is 1750. The van der Waals surface area contributed by atoms with Crippen LogP contribution in [0.25, 0.3) is 16.4 Å². The number of ether oxygens (including phenoxy) is 3. The van der Waals surface area contributed by atoms with Gasteiger partial charge in [0.2, 0.25) is 5.88 Å². The van der Waals surface area contributed by atoms with Gasteiger partial charge in [-0.25, -0.2) is 14.5 Å². The Kier molecular flexibility index (Phi) is 4.99. The van der Waals surface area contributed by atoms with E-state index >= 15 is 0 Å². The van der Waals surface area contributed by atoms with Crippen LogP contribution in [-0.2, 0) is 6.61 Å². The van der Waals surface area contributed by atoms with Gasteiger partial charge in [-0.2, -0.15) is 0 Å². The topological polar surface area (TPSA) is 70.8 Å². The van der Waals surface area contributed by atoms with Crippen molar-refractivity contribution in [2.75, 3.05) is 7.11 Å². The predicted octanol–water partition coefficient (Wildman–Crippen LogP) is 6.15. The van der Waals surface area contributed by atoms with Gasteiger partial charge in [-0.15, -0.1) is 5.10 Å². The number of benzene rings is 4. The first-order chi connectivity index (χ1) is 18.3. The first-order valence-electron chi connectivity index (χ1n) is 12.0. The molecule has 0 amide bonds. The molecule has 37 heavy (non-hydrogen) atoms. The summed E-state index contributed by atoms with van der Waals surface area (Å²) in [5.41, 5.74) is 3.83. The van der Waals surface area contributed by atoms with Crippen LogP contribution in [0.5, 0.6) is 23.1 Å². The van der Waals surface area contributed by atoms with Gasteiger partial charge >= 0.3 is 0 Å². The maximum Gasteiger partial charge on any atom is 0.228 e. The molecule has 1 atom stereocenters. The Labute approximate surface area is 212 Å². The van der Waals surface area contributed by atoms with E-state index in [2.05, 4.69) is 64.7 Å². The van der Waals surface area contributed by atoms with Crippen molar-refractivity contribution in [1.82, 2.24) is 19.6 Å². The van der Waals surface area contributed by atoms with Crippen molar-refractivity contribution in [2.45, 2.75) is 12.5 Å². The van der Waals surface area contributed by atoms with Gasteiger partial charge in [-0.3, -0.25) is 0 Å². The van der Waals surface area contributed by atoms with Crippen LogP contribution in [0.3, 0.4) is 0 Å². The fourth-order valence-corrected chi connectivity index (χ4v) is 5.01. The molecule has 2 aromatic heterocycles. The maximum atomic E-state index is 6.37. The minimum atomic E-state index is -0.123. The van der Waals surface area contributed by atoms with E-state index in [0.717, 1.165) is 39.0 Å². The minimum absolute atomic E-state index is 0.123. The highest BCUT2D eigenvalue weighted by Crippen LogP contribution is 2.50. The van der Waals surface area contributed by atoms with E-state index in [9.17, 15) is 0 Å². The molecule has 0 N–H and O–H groups in total. The average molecular weight is 487 g/mol. The summed E-state index contributed by atoms with van der Waals surface area (Å²) in [5.74, 6) is 3.27. The van der Waals surface area contributed by atoms with E-state index in [4.69, 9.17) is 19.2 Å². The van der Waals surface area contributed by atoms with Crippen LogP contribution in [0.15, 0.2) is 97.3 Å². The first-order valence-corrected chi connectivity index (χ1v) is 12.0. The fourth-order valence-electron chi connectivity index (χ4n) is 5.01. The van der Waals surface area contributed by atoms with Crippen LogP contribution in [0.2, 0.25) is 0 Å².